The van der Waals surface area contributed by atoms with Crippen molar-refractivity contribution < 1.29 is 14.3 Å². The minimum Gasteiger partial charge on any atom is -0.381 e. The van der Waals surface area contributed by atoms with Crippen molar-refractivity contribution in [3.05, 3.63) is 0 Å². The summed E-state index contributed by atoms with van der Waals surface area (Å²) in [5.41, 5.74) is -0.993. The fraction of sp³-hybridized carbons (Fsp3) is 0.769. The molecule has 0 aromatic heterocycles. The van der Waals surface area contributed by atoms with E-state index in [4.69, 9.17) is 4.74 Å². The molecule has 0 radical (unpaired) electrons. The minimum atomic E-state index is -0.993. The second-order valence-electron chi connectivity index (χ2n) is 5.03. The summed E-state index contributed by atoms with van der Waals surface area (Å²) in [6, 6.07) is 2.18. The number of carbonyl (C=O) groups excluding carboxylic acids is 2. The number of nitrogens with one attached hydrogen (secondary N) is 2. The van der Waals surface area contributed by atoms with Gasteiger partial charge in [-0.3, -0.25) is 9.59 Å². The number of nitriles is 1. The second kappa shape index (κ2) is 7.10. The first-order valence-electron chi connectivity index (χ1n) is 6.57. The molecule has 6 nitrogen and oxygen atoms in total. The van der Waals surface area contributed by atoms with Crippen molar-refractivity contribution in [1.82, 2.24) is 10.6 Å². The molecule has 19 heavy (non-hydrogen) atoms. The zero-order chi connectivity index (χ0) is 14.3. The zero-order valence-electron chi connectivity index (χ0n) is 11.5. The highest BCUT2D eigenvalue weighted by Gasteiger charge is 2.40. The van der Waals surface area contributed by atoms with Crippen molar-refractivity contribution in [1.29, 1.82) is 5.26 Å². The predicted octanol–water partition coefficient (Wildman–Crippen LogP) is 0.338. The molecular formula is C13H21N3O3. The Hall–Kier alpha value is -1.61. The molecule has 6 heteroatoms. The standard InChI is InChI=1S/C13H21N3O3/c1-10(2)16-11(17)3-6-15-12(18)13(9-14)4-7-19-8-5-13/h10H,3-8H2,1-2H3,(H,15,18)(H,16,17). The van der Waals surface area contributed by atoms with Crippen LogP contribution < -0.4 is 10.6 Å². The molecular weight excluding hydrogens is 246 g/mol. The highest BCUT2D eigenvalue weighted by molar-refractivity contribution is 5.86. The Morgan fingerprint density at radius 3 is 2.53 bits per heavy atom. The van der Waals surface area contributed by atoms with Gasteiger partial charge in [-0.05, 0) is 26.7 Å². The van der Waals surface area contributed by atoms with Crippen LogP contribution in [0, 0.1) is 16.7 Å². The molecule has 0 bridgehead atoms. The molecule has 1 fully saturated rings. The maximum atomic E-state index is 12.0. The van der Waals surface area contributed by atoms with Crippen LogP contribution in [0.5, 0.6) is 0 Å². The van der Waals surface area contributed by atoms with E-state index in [1.807, 2.05) is 13.8 Å². The zero-order valence-corrected chi connectivity index (χ0v) is 11.5. The van der Waals surface area contributed by atoms with E-state index in [0.717, 1.165) is 0 Å². The van der Waals surface area contributed by atoms with E-state index >= 15 is 0 Å². The molecule has 1 heterocycles. The summed E-state index contributed by atoms with van der Waals surface area (Å²) < 4.78 is 5.17. The van der Waals surface area contributed by atoms with Crippen LogP contribution in [0.4, 0.5) is 0 Å². The minimum absolute atomic E-state index is 0.0872. The highest BCUT2D eigenvalue weighted by atomic mass is 16.5. The van der Waals surface area contributed by atoms with Gasteiger partial charge in [-0.25, -0.2) is 0 Å². The van der Waals surface area contributed by atoms with Gasteiger partial charge in [-0.1, -0.05) is 0 Å². The number of ether oxygens (including phenoxy) is 1. The molecule has 1 aliphatic heterocycles. The summed E-state index contributed by atoms with van der Waals surface area (Å²) in [6.45, 7) is 4.86. The summed E-state index contributed by atoms with van der Waals surface area (Å²) >= 11 is 0. The normalized spacial score (nSPS) is 17.6. The van der Waals surface area contributed by atoms with Gasteiger partial charge in [-0.15, -0.1) is 0 Å². The largest absolute Gasteiger partial charge is 0.381 e. The lowest BCUT2D eigenvalue weighted by molar-refractivity contribution is -0.132. The molecule has 0 unspecified atom stereocenters. The van der Waals surface area contributed by atoms with Gasteiger partial charge < -0.3 is 15.4 Å². The number of carbonyl (C=O) groups is 2. The van der Waals surface area contributed by atoms with E-state index in [2.05, 4.69) is 16.7 Å². The molecule has 1 saturated heterocycles. The summed E-state index contributed by atoms with van der Waals surface area (Å²) in [5, 5.41) is 14.6. The number of hydrogen-bond donors (Lipinski definition) is 2. The third kappa shape index (κ3) is 4.52. The smallest absolute Gasteiger partial charge is 0.240 e. The summed E-state index contributed by atoms with van der Waals surface area (Å²) in [4.78, 5) is 23.4. The molecule has 1 aliphatic rings. The molecule has 0 spiro atoms. The SMILES string of the molecule is CC(C)NC(=O)CCNC(=O)C1(C#N)CCOCC1. The Kier molecular flexibility index (Phi) is 5.77. The van der Waals surface area contributed by atoms with Gasteiger partial charge in [-0.2, -0.15) is 5.26 Å². The van der Waals surface area contributed by atoms with Gasteiger partial charge in [0.15, 0.2) is 0 Å². The van der Waals surface area contributed by atoms with Crippen molar-refractivity contribution >= 4 is 11.8 Å². The number of hydrogen-bond acceptors (Lipinski definition) is 4. The Morgan fingerprint density at radius 2 is 2.00 bits per heavy atom. The topological polar surface area (TPSA) is 91.2 Å². The van der Waals surface area contributed by atoms with Crippen molar-refractivity contribution in [3.63, 3.8) is 0 Å². The third-order valence-electron chi connectivity index (χ3n) is 3.08. The van der Waals surface area contributed by atoms with E-state index in [-0.39, 0.29) is 30.8 Å². The quantitative estimate of drug-likeness (QED) is 0.751. The molecule has 0 aliphatic carbocycles. The lowest BCUT2D eigenvalue weighted by Gasteiger charge is -2.29. The summed E-state index contributed by atoms with van der Waals surface area (Å²) in [7, 11) is 0. The Labute approximate surface area is 113 Å². The van der Waals surface area contributed by atoms with Crippen LogP contribution in [-0.4, -0.2) is 37.6 Å². The fourth-order valence-electron chi connectivity index (χ4n) is 1.96. The van der Waals surface area contributed by atoms with Crippen LogP contribution in [0.15, 0.2) is 0 Å². The van der Waals surface area contributed by atoms with Crippen molar-refractivity contribution in [3.8, 4) is 6.07 Å². The molecule has 2 N–H and O–H groups in total. The van der Waals surface area contributed by atoms with E-state index in [0.29, 0.717) is 26.1 Å². The summed E-state index contributed by atoms with van der Waals surface area (Å²) in [6.07, 6.45) is 1.04. The molecule has 0 saturated carbocycles. The monoisotopic (exact) mass is 267 g/mol. The van der Waals surface area contributed by atoms with Gasteiger partial charge in [0, 0.05) is 32.2 Å². The number of amides is 2. The molecule has 1 rings (SSSR count). The molecule has 106 valence electrons. The molecule has 2 amide bonds. The van der Waals surface area contributed by atoms with Crippen LogP contribution in [0.1, 0.15) is 33.1 Å². The second-order valence-corrected chi connectivity index (χ2v) is 5.03. The van der Waals surface area contributed by atoms with Gasteiger partial charge in [0.1, 0.15) is 5.41 Å². The van der Waals surface area contributed by atoms with E-state index in [1.165, 1.54) is 0 Å². The van der Waals surface area contributed by atoms with Crippen LogP contribution in [0.3, 0.4) is 0 Å². The highest BCUT2D eigenvalue weighted by Crippen LogP contribution is 2.29. The van der Waals surface area contributed by atoms with Gasteiger partial charge in [0.2, 0.25) is 11.8 Å². The molecule has 0 atom stereocenters. The van der Waals surface area contributed by atoms with Gasteiger partial charge in [0.25, 0.3) is 0 Å². The average Bonchev–Trinajstić information content (AvgIpc) is 2.38. The van der Waals surface area contributed by atoms with E-state index in [9.17, 15) is 14.9 Å². The van der Waals surface area contributed by atoms with Crippen molar-refractivity contribution in [2.24, 2.45) is 5.41 Å². The number of rotatable bonds is 5. The lowest BCUT2D eigenvalue weighted by Crippen LogP contribution is -2.44. The molecule has 0 aromatic rings. The van der Waals surface area contributed by atoms with E-state index < -0.39 is 5.41 Å². The first-order valence-corrected chi connectivity index (χ1v) is 6.57. The Morgan fingerprint density at radius 1 is 1.37 bits per heavy atom. The average molecular weight is 267 g/mol. The maximum absolute atomic E-state index is 12.0. The van der Waals surface area contributed by atoms with E-state index in [1.54, 1.807) is 0 Å². The maximum Gasteiger partial charge on any atom is 0.240 e. The van der Waals surface area contributed by atoms with Crippen LogP contribution in [0.2, 0.25) is 0 Å². The summed E-state index contributed by atoms with van der Waals surface area (Å²) in [5.74, 6) is -0.399. The number of nitrogens with zero attached hydrogens (tertiary/aromatic N) is 1. The lowest BCUT2D eigenvalue weighted by atomic mass is 9.81. The van der Waals surface area contributed by atoms with Crippen LogP contribution >= 0.6 is 0 Å². The molecule has 0 aromatic carbocycles. The Balaban J connectivity index is 2.38. The first-order chi connectivity index (χ1) is 9.00. The fourth-order valence-corrected chi connectivity index (χ4v) is 1.96. The predicted molar refractivity (Wildman–Crippen MR) is 69.0 cm³/mol. The van der Waals surface area contributed by atoms with Crippen LogP contribution in [0.25, 0.3) is 0 Å². The van der Waals surface area contributed by atoms with Gasteiger partial charge in [0.05, 0.1) is 6.07 Å². The third-order valence-corrected chi connectivity index (χ3v) is 3.08. The van der Waals surface area contributed by atoms with Crippen molar-refractivity contribution in [2.75, 3.05) is 19.8 Å². The van der Waals surface area contributed by atoms with Gasteiger partial charge >= 0.3 is 0 Å². The van der Waals surface area contributed by atoms with Crippen LogP contribution in [-0.2, 0) is 14.3 Å². The Bertz CT molecular complexity index is 368. The van der Waals surface area contributed by atoms with Crippen molar-refractivity contribution in [2.45, 2.75) is 39.2 Å². The first kappa shape index (κ1) is 15.4.